The van der Waals surface area contributed by atoms with Crippen molar-refractivity contribution in [2.24, 2.45) is 0 Å². The van der Waals surface area contributed by atoms with Gasteiger partial charge in [-0.05, 0) is 18.2 Å². The lowest BCUT2D eigenvalue weighted by Gasteiger charge is -2.12. The highest BCUT2D eigenvalue weighted by Crippen LogP contribution is 2.43. The average Bonchev–Trinajstić information content (AvgIpc) is 2.98. The standard InChI is InChI=1S/C15H11Cl2FN2O3/c1-22-9-5-6(11(18)13(21)14(9)23-2)15-19-8-4-3-7(16)10(17)12(8)20-15/h3-5,21H,1-2H3,(H,19,20). The lowest BCUT2D eigenvalue weighted by molar-refractivity contribution is 0.323. The second kappa shape index (κ2) is 5.79. The first-order valence-corrected chi connectivity index (χ1v) is 7.21. The summed E-state index contributed by atoms with van der Waals surface area (Å²) in [6.07, 6.45) is 0. The van der Waals surface area contributed by atoms with Crippen LogP contribution in [-0.4, -0.2) is 29.3 Å². The Morgan fingerprint density at radius 2 is 1.96 bits per heavy atom. The van der Waals surface area contributed by atoms with E-state index in [-0.39, 0.29) is 27.9 Å². The van der Waals surface area contributed by atoms with Gasteiger partial charge in [0.05, 0.1) is 35.3 Å². The number of phenols is 1. The van der Waals surface area contributed by atoms with Crippen LogP contribution in [0.3, 0.4) is 0 Å². The number of fused-ring (bicyclic) bond motifs is 1. The Kier molecular flexibility index (Phi) is 3.95. The summed E-state index contributed by atoms with van der Waals surface area (Å²) < 4.78 is 24.5. The predicted octanol–water partition coefficient (Wildman–Crippen LogP) is 4.40. The van der Waals surface area contributed by atoms with Gasteiger partial charge in [0.25, 0.3) is 0 Å². The molecule has 2 N–H and O–H groups in total. The number of ether oxygens (including phenoxy) is 2. The third kappa shape index (κ3) is 2.44. The minimum atomic E-state index is -0.885. The van der Waals surface area contributed by atoms with Gasteiger partial charge >= 0.3 is 0 Å². The van der Waals surface area contributed by atoms with Crippen LogP contribution in [0.15, 0.2) is 18.2 Å². The van der Waals surface area contributed by atoms with Crippen LogP contribution >= 0.6 is 23.2 Å². The van der Waals surface area contributed by atoms with Gasteiger partial charge in [-0.25, -0.2) is 9.37 Å². The maximum atomic E-state index is 14.5. The highest BCUT2D eigenvalue weighted by Gasteiger charge is 2.22. The number of hydrogen-bond acceptors (Lipinski definition) is 4. The van der Waals surface area contributed by atoms with Crippen molar-refractivity contribution in [3.63, 3.8) is 0 Å². The van der Waals surface area contributed by atoms with E-state index < -0.39 is 11.6 Å². The fourth-order valence-electron chi connectivity index (χ4n) is 2.27. The molecule has 0 aliphatic carbocycles. The summed E-state index contributed by atoms with van der Waals surface area (Å²) in [5.74, 6) is -1.29. The number of benzene rings is 2. The molecule has 2 aromatic carbocycles. The third-order valence-electron chi connectivity index (χ3n) is 3.38. The summed E-state index contributed by atoms with van der Waals surface area (Å²) in [6.45, 7) is 0. The Balaban J connectivity index is 2.26. The zero-order valence-electron chi connectivity index (χ0n) is 12.1. The van der Waals surface area contributed by atoms with Crippen molar-refractivity contribution < 1.29 is 19.0 Å². The average molecular weight is 357 g/mol. The Bertz CT molecular complexity index is 912. The number of hydrogen-bond donors (Lipinski definition) is 2. The molecule has 0 fully saturated rings. The molecular weight excluding hydrogens is 346 g/mol. The number of methoxy groups -OCH3 is 2. The van der Waals surface area contributed by atoms with Crippen LogP contribution in [0.5, 0.6) is 17.2 Å². The fourth-order valence-corrected chi connectivity index (χ4v) is 2.63. The molecule has 120 valence electrons. The highest BCUT2D eigenvalue weighted by molar-refractivity contribution is 6.44. The summed E-state index contributed by atoms with van der Waals surface area (Å²) in [4.78, 5) is 7.19. The molecule has 23 heavy (non-hydrogen) atoms. The largest absolute Gasteiger partial charge is 0.502 e. The molecule has 1 heterocycles. The van der Waals surface area contributed by atoms with Gasteiger partial charge in [0.15, 0.2) is 17.3 Å². The zero-order chi connectivity index (χ0) is 16.7. The van der Waals surface area contributed by atoms with Crippen LogP contribution in [0.1, 0.15) is 0 Å². The van der Waals surface area contributed by atoms with Crippen LogP contribution in [-0.2, 0) is 0 Å². The van der Waals surface area contributed by atoms with Crippen LogP contribution in [0.25, 0.3) is 22.4 Å². The molecule has 8 heteroatoms. The monoisotopic (exact) mass is 356 g/mol. The molecule has 0 atom stereocenters. The van der Waals surface area contributed by atoms with Crippen molar-refractivity contribution >= 4 is 34.2 Å². The van der Waals surface area contributed by atoms with E-state index in [1.807, 2.05) is 0 Å². The van der Waals surface area contributed by atoms with E-state index in [4.69, 9.17) is 32.7 Å². The SMILES string of the molecule is COc1cc(-c2nc3c(Cl)c(Cl)ccc3[nH]2)c(F)c(O)c1OC. The van der Waals surface area contributed by atoms with Crippen molar-refractivity contribution in [2.45, 2.75) is 0 Å². The van der Waals surface area contributed by atoms with E-state index in [2.05, 4.69) is 9.97 Å². The number of halogens is 3. The number of imidazole rings is 1. The second-order valence-electron chi connectivity index (χ2n) is 4.67. The summed E-state index contributed by atoms with van der Waals surface area (Å²) in [5, 5.41) is 10.6. The maximum Gasteiger partial charge on any atom is 0.206 e. The second-order valence-corrected chi connectivity index (χ2v) is 5.45. The Hall–Kier alpha value is -2.18. The predicted molar refractivity (Wildman–Crippen MR) is 86.3 cm³/mol. The Labute approximate surface area is 140 Å². The molecule has 1 aromatic heterocycles. The molecule has 0 amide bonds. The van der Waals surface area contributed by atoms with Crippen molar-refractivity contribution in [2.75, 3.05) is 14.2 Å². The summed E-state index contributed by atoms with van der Waals surface area (Å²) in [6, 6.07) is 4.66. The van der Waals surface area contributed by atoms with Gasteiger partial charge in [0, 0.05) is 0 Å². The van der Waals surface area contributed by atoms with E-state index in [0.29, 0.717) is 16.1 Å². The van der Waals surface area contributed by atoms with Gasteiger partial charge in [-0.3, -0.25) is 0 Å². The smallest absolute Gasteiger partial charge is 0.206 e. The van der Waals surface area contributed by atoms with Gasteiger partial charge in [-0.2, -0.15) is 0 Å². The molecule has 3 rings (SSSR count). The number of rotatable bonds is 3. The molecule has 0 radical (unpaired) electrons. The van der Waals surface area contributed by atoms with E-state index in [1.54, 1.807) is 12.1 Å². The molecule has 0 aliphatic rings. The number of phenolic OH excluding ortho intramolecular Hbond substituents is 1. The number of aromatic amines is 1. The number of aromatic hydroxyl groups is 1. The van der Waals surface area contributed by atoms with E-state index in [9.17, 15) is 9.50 Å². The summed E-state index contributed by atoms with van der Waals surface area (Å²) >= 11 is 12.1. The van der Waals surface area contributed by atoms with Crippen molar-refractivity contribution in [3.05, 3.63) is 34.1 Å². The van der Waals surface area contributed by atoms with Crippen molar-refractivity contribution in [1.29, 1.82) is 0 Å². The number of aromatic nitrogens is 2. The number of H-pyrrole nitrogens is 1. The van der Waals surface area contributed by atoms with Gasteiger partial charge < -0.3 is 19.6 Å². The van der Waals surface area contributed by atoms with Gasteiger partial charge in [0.1, 0.15) is 11.3 Å². The molecule has 3 aromatic rings. The molecule has 0 saturated heterocycles. The summed E-state index contributed by atoms with van der Waals surface area (Å²) in [7, 11) is 2.69. The van der Waals surface area contributed by atoms with Gasteiger partial charge in [-0.15, -0.1) is 0 Å². The topological polar surface area (TPSA) is 67.4 Å². The first-order valence-electron chi connectivity index (χ1n) is 6.45. The Morgan fingerprint density at radius 3 is 2.61 bits per heavy atom. The van der Waals surface area contributed by atoms with Crippen LogP contribution in [0.4, 0.5) is 4.39 Å². The molecule has 0 spiro atoms. The van der Waals surface area contributed by atoms with Gasteiger partial charge in [-0.1, -0.05) is 23.2 Å². The van der Waals surface area contributed by atoms with E-state index >= 15 is 0 Å². The molecular formula is C15H11Cl2FN2O3. The number of nitrogens with one attached hydrogen (secondary N) is 1. The lowest BCUT2D eigenvalue weighted by atomic mass is 10.1. The van der Waals surface area contributed by atoms with E-state index in [0.717, 1.165) is 0 Å². The molecule has 0 saturated carbocycles. The highest BCUT2D eigenvalue weighted by atomic mass is 35.5. The minimum absolute atomic E-state index is 0.0172. The minimum Gasteiger partial charge on any atom is -0.502 e. The quantitative estimate of drug-likeness (QED) is 0.729. The fraction of sp³-hybridized carbons (Fsp3) is 0.133. The molecule has 0 unspecified atom stereocenters. The van der Waals surface area contributed by atoms with Crippen molar-refractivity contribution in [3.8, 4) is 28.6 Å². The molecule has 0 aliphatic heterocycles. The van der Waals surface area contributed by atoms with E-state index in [1.165, 1.54) is 20.3 Å². The van der Waals surface area contributed by atoms with Crippen LogP contribution in [0.2, 0.25) is 10.0 Å². The lowest BCUT2D eigenvalue weighted by Crippen LogP contribution is -1.96. The van der Waals surface area contributed by atoms with Crippen LogP contribution < -0.4 is 9.47 Å². The van der Waals surface area contributed by atoms with Crippen LogP contribution in [0, 0.1) is 5.82 Å². The third-order valence-corrected chi connectivity index (χ3v) is 4.18. The van der Waals surface area contributed by atoms with Gasteiger partial charge in [0.2, 0.25) is 5.75 Å². The molecule has 5 nitrogen and oxygen atoms in total. The zero-order valence-corrected chi connectivity index (χ0v) is 13.6. The number of nitrogens with zero attached hydrogens (tertiary/aromatic N) is 1. The summed E-state index contributed by atoms with van der Waals surface area (Å²) in [5.41, 5.74) is 1.01. The maximum absolute atomic E-state index is 14.5. The Morgan fingerprint density at radius 1 is 1.22 bits per heavy atom. The molecule has 0 bridgehead atoms. The first kappa shape index (κ1) is 15.7. The first-order chi connectivity index (χ1) is 11.0. The normalized spacial score (nSPS) is 11.0. The van der Waals surface area contributed by atoms with Crippen molar-refractivity contribution in [1.82, 2.24) is 9.97 Å².